The van der Waals surface area contributed by atoms with E-state index in [1.54, 1.807) is 85.2 Å². The Morgan fingerprint density at radius 2 is 1.41 bits per heavy atom. The van der Waals surface area contributed by atoms with E-state index in [0.717, 1.165) is 20.1 Å². The lowest BCUT2D eigenvalue weighted by atomic mass is 9.84. The van der Waals surface area contributed by atoms with Gasteiger partial charge in [-0.3, -0.25) is 0 Å². The van der Waals surface area contributed by atoms with Gasteiger partial charge in [-0.05, 0) is 48.0 Å². The summed E-state index contributed by atoms with van der Waals surface area (Å²) in [4.78, 5) is 31.8. The molecule has 3 aromatic heterocycles. The molecule has 7 aromatic rings. The number of benzene rings is 4. The van der Waals surface area contributed by atoms with Crippen LogP contribution in [0.25, 0.3) is 32.2 Å². The molecule has 3 heterocycles. The van der Waals surface area contributed by atoms with Crippen LogP contribution in [-0.2, 0) is 5.75 Å². The monoisotopic (exact) mass is 621 g/mol. The maximum atomic E-state index is 13.6. The van der Waals surface area contributed by atoms with Crippen LogP contribution < -0.4 is 16.0 Å². The zero-order valence-electron chi connectivity index (χ0n) is 23.1. The van der Waals surface area contributed by atoms with Crippen molar-refractivity contribution in [3.63, 3.8) is 0 Å². The van der Waals surface area contributed by atoms with Crippen LogP contribution >= 0.6 is 23.1 Å². The molecule has 0 saturated carbocycles. The molecule has 0 aliphatic heterocycles. The minimum Gasteiger partial charge on any atom is -0.507 e. The SMILES string of the molecule is COc1ccc(C(c2c(O)c3ccccc3oc2=O)c2c(O)c3ccccc3oc2=O)cc1CSc1nc2ccccc2s1. The fourth-order valence-corrected chi connectivity index (χ4v) is 7.47. The van der Waals surface area contributed by atoms with Crippen molar-refractivity contribution in [2.45, 2.75) is 16.0 Å². The number of para-hydroxylation sites is 3. The molecule has 0 radical (unpaired) electrons. The molecule has 44 heavy (non-hydrogen) atoms. The molecule has 0 amide bonds. The fraction of sp³-hybridized carbons (Fsp3) is 0.0882. The summed E-state index contributed by atoms with van der Waals surface area (Å²) in [6.45, 7) is 0. The summed E-state index contributed by atoms with van der Waals surface area (Å²) in [6.07, 6.45) is 0. The van der Waals surface area contributed by atoms with Gasteiger partial charge in [0.05, 0.1) is 45.1 Å². The number of nitrogens with zero attached hydrogens (tertiary/aromatic N) is 1. The van der Waals surface area contributed by atoms with Gasteiger partial charge in [-0.15, -0.1) is 11.3 Å². The number of hydrogen-bond acceptors (Lipinski definition) is 10. The highest BCUT2D eigenvalue weighted by atomic mass is 32.2. The van der Waals surface area contributed by atoms with Crippen LogP contribution in [0.15, 0.2) is 114 Å². The van der Waals surface area contributed by atoms with Gasteiger partial charge in [0.2, 0.25) is 0 Å². The molecular weight excluding hydrogens is 599 g/mol. The number of thiazole rings is 1. The number of thioether (sulfide) groups is 1. The first kappa shape index (κ1) is 27.8. The maximum Gasteiger partial charge on any atom is 0.344 e. The Labute approximate surface area is 257 Å². The molecule has 0 aliphatic carbocycles. The van der Waals surface area contributed by atoms with E-state index < -0.39 is 17.2 Å². The highest BCUT2D eigenvalue weighted by molar-refractivity contribution is 8.00. The molecule has 2 N–H and O–H groups in total. The Morgan fingerprint density at radius 3 is 2.02 bits per heavy atom. The first-order chi connectivity index (χ1) is 21.4. The average Bonchev–Trinajstić information content (AvgIpc) is 3.46. The zero-order valence-corrected chi connectivity index (χ0v) is 24.8. The number of methoxy groups -OCH3 is 1. The Hall–Kier alpha value is -5.06. The average molecular weight is 622 g/mol. The Bertz CT molecular complexity index is 2190. The number of fused-ring (bicyclic) bond motifs is 3. The van der Waals surface area contributed by atoms with Crippen molar-refractivity contribution in [3.05, 3.63) is 134 Å². The predicted octanol–water partition coefficient (Wildman–Crippen LogP) is 7.40. The second-order valence-electron chi connectivity index (χ2n) is 10.0. The topological polar surface area (TPSA) is 123 Å². The molecule has 4 aromatic carbocycles. The van der Waals surface area contributed by atoms with E-state index in [0.29, 0.717) is 17.1 Å². The van der Waals surface area contributed by atoms with Gasteiger partial charge in [-0.2, -0.15) is 0 Å². The number of hydrogen-bond donors (Lipinski definition) is 2. The Morgan fingerprint density at radius 1 is 0.818 bits per heavy atom. The van der Waals surface area contributed by atoms with E-state index in [-0.39, 0.29) is 44.6 Å². The van der Waals surface area contributed by atoms with E-state index in [2.05, 4.69) is 0 Å². The van der Waals surface area contributed by atoms with Gasteiger partial charge in [-0.25, -0.2) is 14.6 Å². The van der Waals surface area contributed by atoms with Crippen molar-refractivity contribution in [1.29, 1.82) is 0 Å². The molecule has 0 spiro atoms. The number of ether oxygens (including phenoxy) is 1. The number of aromatic hydroxyl groups is 2. The lowest BCUT2D eigenvalue weighted by Crippen LogP contribution is -2.21. The molecular formula is C34H23NO7S2. The van der Waals surface area contributed by atoms with E-state index in [4.69, 9.17) is 18.6 Å². The highest BCUT2D eigenvalue weighted by Crippen LogP contribution is 2.43. The fourth-order valence-electron chi connectivity index (χ4n) is 5.43. The zero-order chi connectivity index (χ0) is 30.4. The third-order valence-corrected chi connectivity index (χ3v) is 9.71. The van der Waals surface area contributed by atoms with Crippen LogP contribution in [0.3, 0.4) is 0 Å². The minimum absolute atomic E-state index is 0.190. The van der Waals surface area contributed by atoms with Crippen molar-refractivity contribution in [2.24, 2.45) is 0 Å². The van der Waals surface area contributed by atoms with E-state index in [1.165, 1.54) is 11.8 Å². The summed E-state index contributed by atoms with van der Waals surface area (Å²) in [5.41, 5.74) is 0.407. The van der Waals surface area contributed by atoms with Crippen molar-refractivity contribution in [1.82, 2.24) is 4.98 Å². The molecule has 0 atom stereocenters. The highest BCUT2D eigenvalue weighted by Gasteiger charge is 2.33. The third kappa shape index (κ3) is 4.78. The predicted molar refractivity (Wildman–Crippen MR) is 171 cm³/mol. The van der Waals surface area contributed by atoms with Gasteiger partial charge in [-0.1, -0.05) is 60.3 Å². The molecule has 10 heteroatoms. The number of aromatic nitrogens is 1. The first-order valence-corrected chi connectivity index (χ1v) is 15.4. The molecule has 0 unspecified atom stereocenters. The molecule has 0 fully saturated rings. The Kier molecular flexibility index (Phi) is 7.07. The van der Waals surface area contributed by atoms with Crippen molar-refractivity contribution >= 4 is 55.3 Å². The lowest BCUT2D eigenvalue weighted by molar-refractivity contribution is 0.411. The van der Waals surface area contributed by atoms with E-state index in [9.17, 15) is 19.8 Å². The van der Waals surface area contributed by atoms with Gasteiger partial charge < -0.3 is 23.8 Å². The summed E-state index contributed by atoms with van der Waals surface area (Å²) in [5, 5.41) is 23.6. The van der Waals surface area contributed by atoms with Crippen molar-refractivity contribution < 1.29 is 23.8 Å². The van der Waals surface area contributed by atoms with Crippen LogP contribution in [0, 0.1) is 0 Å². The molecule has 8 nitrogen and oxygen atoms in total. The molecule has 218 valence electrons. The second-order valence-corrected chi connectivity index (χ2v) is 12.3. The third-order valence-electron chi connectivity index (χ3n) is 7.48. The van der Waals surface area contributed by atoms with Crippen LogP contribution in [0.2, 0.25) is 0 Å². The van der Waals surface area contributed by atoms with Gasteiger partial charge >= 0.3 is 11.3 Å². The van der Waals surface area contributed by atoms with E-state index >= 15 is 0 Å². The quantitative estimate of drug-likeness (QED) is 0.138. The second kappa shape index (κ2) is 11.2. The van der Waals surface area contributed by atoms with E-state index in [1.807, 2.05) is 24.3 Å². The van der Waals surface area contributed by atoms with Gasteiger partial charge in [0, 0.05) is 11.3 Å². The number of rotatable bonds is 7. The molecule has 0 bridgehead atoms. The summed E-state index contributed by atoms with van der Waals surface area (Å²) in [7, 11) is 1.56. The van der Waals surface area contributed by atoms with Crippen LogP contribution in [0.4, 0.5) is 0 Å². The Balaban J connectivity index is 1.43. The molecule has 0 saturated heterocycles. The summed E-state index contributed by atoms with van der Waals surface area (Å²) in [6, 6.07) is 26.3. The first-order valence-electron chi connectivity index (χ1n) is 13.6. The van der Waals surface area contributed by atoms with Crippen molar-refractivity contribution in [2.75, 3.05) is 7.11 Å². The van der Waals surface area contributed by atoms with Gasteiger partial charge in [0.1, 0.15) is 28.4 Å². The minimum atomic E-state index is -1.24. The standard InChI is InChI=1S/C34H23NO7S2/c1-40-23-15-14-18(16-19(23)17-43-34-35-22-10-4-7-13-26(22)44-34)27(28-30(36)20-8-2-5-11-24(20)41-32(28)38)29-31(37)21-9-3-6-12-25(21)42-33(29)39/h2-16,27,36-37H,17H2,1H3. The molecule has 0 aliphatic rings. The summed E-state index contributed by atoms with van der Waals surface area (Å²) in [5.74, 6) is -0.898. The lowest BCUT2D eigenvalue weighted by Gasteiger charge is -2.21. The normalized spacial score (nSPS) is 11.6. The van der Waals surface area contributed by atoms with Gasteiger partial charge in [0.15, 0.2) is 4.34 Å². The van der Waals surface area contributed by atoms with Crippen LogP contribution in [0.1, 0.15) is 28.2 Å². The smallest absolute Gasteiger partial charge is 0.344 e. The maximum absolute atomic E-state index is 13.6. The van der Waals surface area contributed by atoms with Gasteiger partial charge in [0.25, 0.3) is 0 Å². The summed E-state index contributed by atoms with van der Waals surface area (Å²) < 4.78 is 18.8. The van der Waals surface area contributed by atoms with Crippen molar-refractivity contribution in [3.8, 4) is 17.2 Å². The molecule has 7 rings (SSSR count). The van der Waals surface area contributed by atoms with Crippen LogP contribution in [0.5, 0.6) is 17.2 Å². The van der Waals surface area contributed by atoms with Crippen LogP contribution in [-0.4, -0.2) is 22.3 Å². The summed E-state index contributed by atoms with van der Waals surface area (Å²) >= 11 is 3.11. The largest absolute Gasteiger partial charge is 0.507 e.